The van der Waals surface area contributed by atoms with Crippen LogP contribution in [0.5, 0.6) is 0 Å². The molecule has 21 heavy (non-hydrogen) atoms. The van der Waals surface area contributed by atoms with Gasteiger partial charge in [-0.05, 0) is 33.5 Å². The van der Waals surface area contributed by atoms with Gasteiger partial charge in [-0.15, -0.1) is 6.58 Å². The predicted molar refractivity (Wildman–Crippen MR) is 91.8 cm³/mol. The summed E-state index contributed by atoms with van der Waals surface area (Å²) in [5.41, 5.74) is 2.56. The molecule has 0 aromatic heterocycles. The quantitative estimate of drug-likeness (QED) is 0.459. The van der Waals surface area contributed by atoms with E-state index in [1.54, 1.807) is 0 Å². The Morgan fingerprint density at radius 3 is 2.48 bits per heavy atom. The molecular weight excluding hydrogens is 260 g/mol. The largest absolute Gasteiger partial charge is 0.357 e. The lowest BCUT2D eigenvalue weighted by Gasteiger charge is -2.24. The van der Waals surface area contributed by atoms with Crippen molar-refractivity contribution in [2.45, 2.75) is 19.9 Å². The highest BCUT2D eigenvalue weighted by Crippen LogP contribution is 2.19. The van der Waals surface area contributed by atoms with Gasteiger partial charge in [-0.2, -0.15) is 0 Å². The van der Waals surface area contributed by atoms with Gasteiger partial charge in [0.15, 0.2) is 5.96 Å². The van der Waals surface area contributed by atoms with Crippen molar-refractivity contribution in [3.63, 3.8) is 0 Å². The summed E-state index contributed by atoms with van der Waals surface area (Å²) in [5, 5.41) is 6.47. The predicted octanol–water partition coefficient (Wildman–Crippen LogP) is 2.34. The number of aryl methyl sites for hydroxylation is 1. The molecule has 1 aromatic carbocycles. The Morgan fingerprint density at radius 1 is 1.29 bits per heavy atom. The minimum Gasteiger partial charge on any atom is -0.357 e. The van der Waals surface area contributed by atoms with Crippen molar-refractivity contribution < 1.29 is 0 Å². The topological polar surface area (TPSA) is 39.7 Å². The summed E-state index contributed by atoms with van der Waals surface area (Å²) in [6.07, 6.45) is 1.83. The molecule has 0 aliphatic heterocycles. The molecule has 0 aliphatic carbocycles. The van der Waals surface area contributed by atoms with Crippen molar-refractivity contribution in [2.75, 3.05) is 33.7 Å². The molecule has 1 atom stereocenters. The smallest absolute Gasteiger partial charge is 0.191 e. The maximum atomic E-state index is 4.68. The van der Waals surface area contributed by atoms with Gasteiger partial charge in [-0.3, -0.25) is 4.99 Å². The first-order valence-corrected chi connectivity index (χ1v) is 7.44. The van der Waals surface area contributed by atoms with Crippen LogP contribution < -0.4 is 10.6 Å². The highest BCUT2D eigenvalue weighted by Gasteiger charge is 2.13. The zero-order chi connectivity index (χ0) is 15.7. The lowest BCUT2D eigenvalue weighted by atomic mass is 10.0. The maximum Gasteiger partial charge on any atom is 0.191 e. The van der Waals surface area contributed by atoms with E-state index in [0.717, 1.165) is 12.5 Å². The molecule has 1 unspecified atom stereocenters. The van der Waals surface area contributed by atoms with Crippen molar-refractivity contribution in [1.82, 2.24) is 15.5 Å². The van der Waals surface area contributed by atoms with Crippen LogP contribution in [0.2, 0.25) is 0 Å². The second kappa shape index (κ2) is 9.19. The number of guanidine groups is 1. The van der Waals surface area contributed by atoms with Crippen molar-refractivity contribution in [1.29, 1.82) is 0 Å². The number of aliphatic imine (C=N–C) groups is 1. The fourth-order valence-corrected chi connectivity index (χ4v) is 2.04. The Bertz CT molecular complexity index is 448. The number of hydrogen-bond acceptors (Lipinski definition) is 2. The second-order valence-electron chi connectivity index (χ2n) is 5.28. The first-order chi connectivity index (χ1) is 10.1. The van der Waals surface area contributed by atoms with Crippen LogP contribution in [-0.2, 0) is 0 Å². The average Bonchev–Trinajstić information content (AvgIpc) is 2.46. The molecule has 4 nitrogen and oxygen atoms in total. The van der Waals surface area contributed by atoms with Crippen LogP contribution in [0, 0.1) is 6.92 Å². The summed E-state index contributed by atoms with van der Waals surface area (Å²) in [5.74, 6) is 0.830. The molecule has 0 aliphatic rings. The van der Waals surface area contributed by atoms with E-state index in [1.807, 2.05) is 6.08 Å². The second-order valence-corrected chi connectivity index (χ2v) is 5.28. The molecule has 1 aromatic rings. The standard InChI is InChI=1S/C17H28N4/c1-6-12-19-17(18-7-2)20-13-16(21(4)5)15-10-8-14(3)9-11-15/h6,8-11,16H,1,7,12-13H2,2-5H3,(H2,18,19,20). The molecule has 4 heteroatoms. The Hall–Kier alpha value is -1.81. The number of rotatable bonds is 7. The molecular formula is C17H28N4. The molecule has 0 spiro atoms. The highest BCUT2D eigenvalue weighted by molar-refractivity contribution is 5.79. The fraction of sp³-hybridized carbons (Fsp3) is 0.471. The van der Waals surface area contributed by atoms with Crippen LogP contribution in [0.25, 0.3) is 0 Å². The summed E-state index contributed by atoms with van der Waals surface area (Å²) in [7, 11) is 4.17. The van der Waals surface area contributed by atoms with Crippen LogP contribution in [0.3, 0.4) is 0 Å². The lowest BCUT2D eigenvalue weighted by molar-refractivity contribution is 0.306. The van der Waals surface area contributed by atoms with E-state index in [2.05, 4.69) is 79.3 Å². The van der Waals surface area contributed by atoms with E-state index in [-0.39, 0.29) is 6.04 Å². The van der Waals surface area contributed by atoms with Crippen molar-refractivity contribution >= 4 is 5.96 Å². The third kappa shape index (κ3) is 6.00. The Balaban J connectivity index is 2.81. The van der Waals surface area contributed by atoms with Gasteiger partial charge in [0.25, 0.3) is 0 Å². The zero-order valence-corrected chi connectivity index (χ0v) is 13.7. The molecule has 1 rings (SSSR count). The number of likely N-dealkylation sites (N-methyl/N-ethyl adjacent to an activating group) is 1. The van der Waals surface area contributed by atoms with Crippen molar-refractivity contribution in [2.24, 2.45) is 4.99 Å². The number of nitrogens with zero attached hydrogens (tertiary/aromatic N) is 2. The van der Waals surface area contributed by atoms with Crippen LogP contribution >= 0.6 is 0 Å². The Morgan fingerprint density at radius 2 is 1.95 bits per heavy atom. The molecule has 116 valence electrons. The van der Waals surface area contributed by atoms with Crippen LogP contribution in [0.4, 0.5) is 0 Å². The number of benzene rings is 1. The third-order valence-electron chi connectivity index (χ3n) is 3.27. The molecule has 2 N–H and O–H groups in total. The maximum absolute atomic E-state index is 4.68. The Labute approximate surface area is 129 Å². The molecule has 0 saturated heterocycles. The van der Waals surface area contributed by atoms with Crippen LogP contribution in [-0.4, -0.2) is 44.6 Å². The summed E-state index contributed by atoms with van der Waals surface area (Å²) in [6.45, 7) is 10.2. The van der Waals surface area contributed by atoms with Gasteiger partial charge in [0.05, 0.1) is 12.6 Å². The van der Waals surface area contributed by atoms with E-state index < -0.39 is 0 Å². The summed E-state index contributed by atoms with van der Waals surface area (Å²) in [6, 6.07) is 8.93. The lowest BCUT2D eigenvalue weighted by Crippen LogP contribution is -2.38. The molecule has 0 saturated carbocycles. The summed E-state index contributed by atoms with van der Waals surface area (Å²) in [4.78, 5) is 6.88. The molecule has 0 bridgehead atoms. The normalized spacial score (nSPS) is 13.1. The van der Waals surface area contributed by atoms with E-state index in [4.69, 9.17) is 0 Å². The summed E-state index contributed by atoms with van der Waals surface area (Å²) >= 11 is 0. The number of hydrogen-bond donors (Lipinski definition) is 2. The first-order valence-electron chi connectivity index (χ1n) is 7.44. The van der Waals surface area contributed by atoms with Gasteiger partial charge in [0.1, 0.15) is 0 Å². The average molecular weight is 288 g/mol. The van der Waals surface area contributed by atoms with Gasteiger partial charge in [0.2, 0.25) is 0 Å². The first kappa shape index (κ1) is 17.2. The van der Waals surface area contributed by atoms with Crippen molar-refractivity contribution in [3.05, 3.63) is 48.0 Å². The van der Waals surface area contributed by atoms with E-state index in [1.165, 1.54) is 11.1 Å². The van der Waals surface area contributed by atoms with Crippen LogP contribution in [0.1, 0.15) is 24.1 Å². The minimum atomic E-state index is 0.268. The van der Waals surface area contributed by atoms with E-state index in [0.29, 0.717) is 13.1 Å². The van der Waals surface area contributed by atoms with Gasteiger partial charge < -0.3 is 15.5 Å². The molecule has 0 amide bonds. The summed E-state index contributed by atoms with van der Waals surface area (Å²) < 4.78 is 0. The fourth-order valence-electron chi connectivity index (χ4n) is 2.04. The highest BCUT2D eigenvalue weighted by atomic mass is 15.2. The van der Waals surface area contributed by atoms with Gasteiger partial charge >= 0.3 is 0 Å². The molecule has 0 fully saturated rings. The Kier molecular flexibility index (Phi) is 7.54. The third-order valence-corrected chi connectivity index (χ3v) is 3.27. The molecule has 0 radical (unpaired) electrons. The minimum absolute atomic E-state index is 0.268. The molecule has 0 heterocycles. The SMILES string of the molecule is C=CCNC(=NCC(c1ccc(C)cc1)N(C)C)NCC. The van der Waals surface area contributed by atoms with Gasteiger partial charge in [0, 0.05) is 13.1 Å². The van der Waals surface area contributed by atoms with Gasteiger partial charge in [-0.1, -0.05) is 35.9 Å². The van der Waals surface area contributed by atoms with Crippen molar-refractivity contribution in [3.8, 4) is 0 Å². The van der Waals surface area contributed by atoms with E-state index in [9.17, 15) is 0 Å². The van der Waals surface area contributed by atoms with E-state index >= 15 is 0 Å². The number of nitrogens with one attached hydrogen (secondary N) is 2. The monoisotopic (exact) mass is 288 g/mol. The van der Waals surface area contributed by atoms with Gasteiger partial charge in [-0.25, -0.2) is 0 Å². The zero-order valence-electron chi connectivity index (χ0n) is 13.7. The van der Waals surface area contributed by atoms with Crippen LogP contribution in [0.15, 0.2) is 41.9 Å².